The SMILES string of the molecule is O=C(Nc1cccc(F)c1)C1CCCN(c2ccc(=O)n(-c3ccc(F)cc3)n2)C1. The highest BCUT2D eigenvalue weighted by Gasteiger charge is 2.27. The number of hydrogen-bond acceptors (Lipinski definition) is 4. The number of amides is 1. The summed E-state index contributed by atoms with van der Waals surface area (Å²) in [4.78, 5) is 26.8. The zero-order chi connectivity index (χ0) is 21.1. The quantitative estimate of drug-likeness (QED) is 0.716. The van der Waals surface area contributed by atoms with E-state index in [-0.39, 0.29) is 17.4 Å². The van der Waals surface area contributed by atoms with Crippen molar-refractivity contribution in [2.24, 2.45) is 5.92 Å². The van der Waals surface area contributed by atoms with E-state index in [2.05, 4.69) is 10.4 Å². The van der Waals surface area contributed by atoms with Crippen LogP contribution < -0.4 is 15.8 Å². The van der Waals surface area contributed by atoms with E-state index in [1.54, 1.807) is 18.2 Å². The number of carbonyl (C=O) groups is 1. The van der Waals surface area contributed by atoms with Crippen molar-refractivity contribution >= 4 is 17.4 Å². The lowest BCUT2D eigenvalue weighted by Gasteiger charge is -2.32. The molecule has 0 saturated carbocycles. The molecule has 1 unspecified atom stereocenters. The minimum Gasteiger partial charge on any atom is -0.354 e. The summed E-state index contributed by atoms with van der Waals surface area (Å²) < 4.78 is 27.8. The highest BCUT2D eigenvalue weighted by Crippen LogP contribution is 2.23. The first-order valence-corrected chi connectivity index (χ1v) is 9.67. The topological polar surface area (TPSA) is 67.2 Å². The van der Waals surface area contributed by atoms with Crippen LogP contribution in [0.2, 0.25) is 0 Å². The Bertz CT molecular complexity index is 1110. The highest BCUT2D eigenvalue weighted by atomic mass is 19.1. The first-order chi connectivity index (χ1) is 14.5. The predicted octanol–water partition coefficient (Wildman–Crippen LogP) is 3.37. The number of carbonyl (C=O) groups excluding carboxylic acids is 1. The number of anilines is 2. The van der Waals surface area contributed by atoms with Crippen LogP contribution in [-0.2, 0) is 4.79 Å². The van der Waals surface area contributed by atoms with E-state index < -0.39 is 11.6 Å². The van der Waals surface area contributed by atoms with Gasteiger partial charge < -0.3 is 10.2 Å². The third-order valence-electron chi connectivity index (χ3n) is 5.07. The van der Waals surface area contributed by atoms with Crippen molar-refractivity contribution < 1.29 is 13.6 Å². The Labute approximate surface area is 171 Å². The molecule has 2 aromatic carbocycles. The fraction of sp³-hybridized carbons (Fsp3) is 0.227. The number of hydrogen-bond donors (Lipinski definition) is 1. The lowest BCUT2D eigenvalue weighted by Crippen LogP contribution is -2.41. The molecule has 1 aromatic heterocycles. The largest absolute Gasteiger partial charge is 0.354 e. The van der Waals surface area contributed by atoms with Gasteiger partial charge in [-0.25, -0.2) is 8.78 Å². The van der Waals surface area contributed by atoms with E-state index in [1.165, 1.54) is 47.1 Å². The van der Waals surface area contributed by atoms with E-state index >= 15 is 0 Å². The standard InChI is InChI=1S/C22H20F2N4O2/c23-16-6-8-19(9-7-16)28-21(29)11-10-20(26-28)27-12-2-3-15(14-27)22(30)25-18-5-1-4-17(24)13-18/h1,4-11,13,15H,2-3,12,14H2,(H,25,30). The number of nitrogens with zero attached hydrogens (tertiary/aromatic N) is 3. The maximum Gasteiger partial charge on any atom is 0.271 e. The van der Waals surface area contributed by atoms with Crippen LogP contribution in [0.4, 0.5) is 20.3 Å². The number of rotatable bonds is 4. The van der Waals surface area contributed by atoms with Gasteiger partial charge in [0.2, 0.25) is 5.91 Å². The summed E-state index contributed by atoms with van der Waals surface area (Å²) in [5.41, 5.74) is 0.545. The third kappa shape index (κ3) is 4.37. The minimum atomic E-state index is -0.412. The van der Waals surface area contributed by atoms with Crippen molar-refractivity contribution in [3.8, 4) is 5.69 Å². The Morgan fingerprint density at radius 3 is 2.60 bits per heavy atom. The third-order valence-corrected chi connectivity index (χ3v) is 5.07. The minimum absolute atomic E-state index is 0.183. The van der Waals surface area contributed by atoms with Gasteiger partial charge in [0.1, 0.15) is 17.5 Å². The second kappa shape index (κ2) is 8.44. The van der Waals surface area contributed by atoms with Crippen molar-refractivity contribution in [1.82, 2.24) is 9.78 Å². The number of halogens is 2. The lowest BCUT2D eigenvalue weighted by atomic mass is 9.97. The summed E-state index contributed by atoms with van der Waals surface area (Å²) in [6.45, 7) is 1.12. The van der Waals surface area contributed by atoms with E-state index in [0.717, 1.165) is 6.42 Å². The molecule has 6 nitrogen and oxygen atoms in total. The first kappa shape index (κ1) is 19.8. The van der Waals surface area contributed by atoms with Crippen LogP contribution in [-0.4, -0.2) is 28.8 Å². The normalized spacial score (nSPS) is 16.3. The monoisotopic (exact) mass is 410 g/mol. The molecular weight excluding hydrogens is 390 g/mol. The van der Waals surface area contributed by atoms with Crippen LogP contribution in [0.25, 0.3) is 5.69 Å². The second-order valence-corrected chi connectivity index (χ2v) is 7.20. The van der Waals surface area contributed by atoms with Crippen molar-refractivity contribution in [2.45, 2.75) is 12.8 Å². The van der Waals surface area contributed by atoms with Gasteiger partial charge in [-0.2, -0.15) is 4.68 Å². The van der Waals surface area contributed by atoms with Gasteiger partial charge in [-0.15, -0.1) is 5.10 Å². The average molecular weight is 410 g/mol. The lowest BCUT2D eigenvalue weighted by molar-refractivity contribution is -0.120. The van der Waals surface area contributed by atoms with Crippen LogP contribution in [0.1, 0.15) is 12.8 Å². The van der Waals surface area contributed by atoms with Gasteiger partial charge in [0.25, 0.3) is 5.56 Å². The summed E-state index contributed by atoms with van der Waals surface area (Å²) in [6.07, 6.45) is 1.48. The number of benzene rings is 2. The molecule has 8 heteroatoms. The van der Waals surface area contributed by atoms with Gasteiger partial charge in [0.05, 0.1) is 11.6 Å². The molecule has 3 aromatic rings. The Kier molecular flexibility index (Phi) is 5.56. The maximum atomic E-state index is 13.4. The zero-order valence-corrected chi connectivity index (χ0v) is 16.1. The summed E-state index contributed by atoms with van der Waals surface area (Å²) in [5, 5.41) is 7.17. The smallest absolute Gasteiger partial charge is 0.271 e. The van der Waals surface area contributed by atoms with Crippen LogP contribution >= 0.6 is 0 Å². The average Bonchev–Trinajstić information content (AvgIpc) is 2.75. The van der Waals surface area contributed by atoms with Gasteiger partial charge in [-0.1, -0.05) is 6.07 Å². The van der Waals surface area contributed by atoms with Crippen LogP contribution in [0.3, 0.4) is 0 Å². The molecule has 1 atom stereocenters. The van der Waals surface area contributed by atoms with Crippen molar-refractivity contribution in [3.63, 3.8) is 0 Å². The zero-order valence-electron chi connectivity index (χ0n) is 16.1. The number of aromatic nitrogens is 2. The van der Waals surface area contributed by atoms with Gasteiger partial charge in [0, 0.05) is 24.8 Å². The molecule has 30 heavy (non-hydrogen) atoms. The van der Waals surface area contributed by atoms with Crippen molar-refractivity contribution in [2.75, 3.05) is 23.3 Å². The molecule has 0 aliphatic carbocycles. The molecule has 1 saturated heterocycles. The van der Waals surface area contributed by atoms with E-state index in [1.807, 2.05) is 4.90 Å². The first-order valence-electron chi connectivity index (χ1n) is 9.67. The summed E-state index contributed by atoms with van der Waals surface area (Å²) >= 11 is 0. The molecule has 1 aliphatic rings. The Balaban J connectivity index is 1.52. The number of piperidine rings is 1. The summed E-state index contributed by atoms with van der Waals surface area (Å²) in [7, 11) is 0. The van der Waals surface area contributed by atoms with Crippen molar-refractivity contribution in [3.05, 3.63) is 82.7 Å². The summed E-state index contributed by atoms with van der Waals surface area (Å²) in [6, 6.07) is 14.3. The van der Waals surface area contributed by atoms with Crippen LogP contribution in [0.15, 0.2) is 65.5 Å². The van der Waals surface area contributed by atoms with Gasteiger partial charge in [-0.3, -0.25) is 9.59 Å². The highest BCUT2D eigenvalue weighted by molar-refractivity contribution is 5.93. The second-order valence-electron chi connectivity index (χ2n) is 7.20. The molecule has 4 rings (SSSR count). The molecule has 0 bridgehead atoms. The fourth-order valence-electron chi connectivity index (χ4n) is 3.55. The Hall–Kier alpha value is -3.55. The molecule has 0 spiro atoms. The van der Waals surface area contributed by atoms with E-state index in [9.17, 15) is 18.4 Å². The van der Waals surface area contributed by atoms with Gasteiger partial charge >= 0.3 is 0 Å². The van der Waals surface area contributed by atoms with Gasteiger partial charge in [0.15, 0.2) is 0 Å². The molecule has 1 aliphatic heterocycles. The van der Waals surface area contributed by atoms with E-state index in [4.69, 9.17) is 0 Å². The predicted molar refractivity (Wildman–Crippen MR) is 110 cm³/mol. The van der Waals surface area contributed by atoms with Crippen molar-refractivity contribution in [1.29, 1.82) is 0 Å². The Morgan fingerprint density at radius 1 is 1.03 bits per heavy atom. The van der Waals surface area contributed by atoms with Gasteiger partial charge in [-0.05, 0) is 61.4 Å². The molecule has 2 heterocycles. The number of nitrogens with one attached hydrogen (secondary N) is 1. The summed E-state index contributed by atoms with van der Waals surface area (Å²) in [5.74, 6) is -0.731. The Morgan fingerprint density at radius 2 is 1.83 bits per heavy atom. The van der Waals surface area contributed by atoms with Crippen LogP contribution in [0.5, 0.6) is 0 Å². The van der Waals surface area contributed by atoms with E-state index in [0.29, 0.717) is 36.7 Å². The fourth-order valence-corrected chi connectivity index (χ4v) is 3.55. The molecule has 1 amide bonds. The van der Waals surface area contributed by atoms with Crippen LogP contribution in [0, 0.1) is 17.6 Å². The molecule has 0 radical (unpaired) electrons. The molecule has 154 valence electrons. The maximum absolute atomic E-state index is 13.4. The molecule has 1 fully saturated rings. The molecular formula is C22H20F2N4O2. The molecule has 1 N–H and O–H groups in total.